The molecular weight excluding hydrogens is 424 g/mol. The minimum atomic E-state index is -2.57. The molecule has 1 atom stereocenters. The number of fused-ring (bicyclic) bond motifs is 1. The fourth-order valence-corrected chi connectivity index (χ4v) is 5.57. The lowest BCUT2D eigenvalue weighted by atomic mass is 9.89. The summed E-state index contributed by atoms with van der Waals surface area (Å²) in [5.41, 5.74) is 11.7. The van der Waals surface area contributed by atoms with Crippen LogP contribution in [0.2, 0.25) is 0 Å². The van der Waals surface area contributed by atoms with Crippen LogP contribution in [0.15, 0.2) is 60.7 Å². The molecule has 1 aliphatic rings. The third-order valence-electron chi connectivity index (χ3n) is 7.64. The highest BCUT2D eigenvalue weighted by Gasteiger charge is 2.41. The van der Waals surface area contributed by atoms with Crippen molar-refractivity contribution in [2.45, 2.75) is 58.8 Å². The molecular formula is C31H32F2N+. The van der Waals surface area contributed by atoms with Gasteiger partial charge in [-0.2, -0.15) is 4.57 Å². The topological polar surface area (TPSA) is 3.88 Å². The molecule has 1 heterocycles. The number of hydrogen-bond acceptors (Lipinski definition) is 0. The first-order valence-electron chi connectivity index (χ1n) is 12.1. The molecule has 3 aromatic carbocycles. The van der Waals surface area contributed by atoms with Crippen molar-refractivity contribution in [3.63, 3.8) is 0 Å². The minimum Gasteiger partial charge on any atom is -0.207 e. The molecule has 0 bridgehead atoms. The zero-order chi connectivity index (χ0) is 24.2. The van der Waals surface area contributed by atoms with Crippen molar-refractivity contribution in [1.29, 1.82) is 0 Å². The summed E-state index contributed by atoms with van der Waals surface area (Å²) in [5, 5.41) is 1.08. The van der Waals surface area contributed by atoms with Crippen molar-refractivity contribution in [3.05, 3.63) is 88.5 Å². The summed E-state index contributed by atoms with van der Waals surface area (Å²) in [6.45, 7) is 8.53. The Hall–Kier alpha value is -3.07. The zero-order valence-electron chi connectivity index (χ0n) is 20.7. The summed E-state index contributed by atoms with van der Waals surface area (Å²) < 4.78 is 30.7. The molecule has 0 aliphatic heterocycles. The van der Waals surface area contributed by atoms with E-state index in [1.165, 1.54) is 27.8 Å². The number of aryl methyl sites for hydroxylation is 4. The van der Waals surface area contributed by atoms with E-state index >= 15 is 0 Å². The monoisotopic (exact) mass is 456 g/mol. The average Bonchev–Trinajstić information content (AvgIpc) is 3.16. The molecule has 0 amide bonds. The number of nitrogens with zero attached hydrogens (tertiary/aromatic N) is 1. The van der Waals surface area contributed by atoms with E-state index in [-0.39, 0.29) is 18.8 Å². The number of halogens is 2. The molecule has 1 aromatic heterocycles. The lowest BCUT2D eigenvalue weighted by Crippen LogP contribution is -2.32. The Balaban J connectivity index is 1.76. The van der Waals surface area contributed by atoms with E-state index in [0.29, 0.717) is 6.42 Å². The number of rotatable bonds is 3. The fourth-order valence-electron chi connectivity index (χ4n) is 5.57. The Morgan fingerprint density at radius 3 is 2.24 bits per heavy atom. The minimum absolute atomic E-state index is 0.0279. The van der Waals surface area contributed by atoms with Gasteiger partial charge in [0.2, 0.25) is 17.1 Å². The summed E-state index contributed by atoms with van der Waals surface area (Å²) in [5.74, 6) is -2.70. The predicted molar refractivity (Wildman–Crippen MR) is 136 cm³/mol. The van der Waals surface area contributed by atoms with Crippen LogP contribution < -0.4 is 4.57 Å². The highest BCUT2D eigenvalue weighted by Crippen LogP contribution is 2.46. The number of alkyl halides is 2. The van der Waals surface area contributed by atoms with Crippen LogP contribution in [0.1, 0.15) is 53.0 Å². The molecule has 0 spiro atoms. The van der Waals surface area contributed by atoms with Crippen LogP contribution in [0.5, 0.6) is 0 Å². The normalized spacial score (nSPS) is 17.4. The second-order valence-electron chi connectivity index (χ2n) is 10.2. The first kappa shape index (κ1) is 22.7. The number of aromatic nitrogens is 1. The number of benzene rings is 3. The summed E-state index contributed by atoms with van der Waals surface area (Å²) >= 11 is 0. The van der Waals surface area contributed by atoms with Gasteiger partial charge in [0.15, 0.2) is 0 Å². The molecule has 5 rings (SSSR count). The van der Waals surface area contributed by atoms with Crippen molar-refractivity contribution < 1.29 is 13.3 Å². The van der Waals surface area contributed by atoms with Gasteiger partial charge in [0, 0.05) is 35.9 Å². The van der Waals surface area contributed by atoms with Crippen molar-refractivity contribution in [1.82, 2.24) is 0 Å². The van der Waals surface area contributed by atoms with E-state index in [1.807, 2.05) is 0 Å². The largest absolute Gasteiger partial charge is 0.248 e. The van der Waals surface area contributed by atoms with Gasteiger partial charge in [-0.1, -0.05) is 41.5 Å². The fraction of sp³-hybridized carbons (Fsp3) is 0.323. The summed E-state index contributed by atoms with van der Waals surface area (Å²) in [6, 6.07) is 21.6. The number of pyridine rings is 1. The summed E-state index contributed by atoms with van der Waals surface area (Å²) in [6.07, 6.45) is 0.433. The predicted octanol–water partition coefficient (Wildman–Crippen LogP) is 8.13. The van der Waals surface area contributed by atoms with Crippen LogP contribution in [0.3, 0.4) is 0 Å². The van der Waals surface area contributed by atoms with Crippen LogP contribution in [0, 0.1) is 27.7 Å². The maximum Gasteiger partial charge on any atom is 0.248 e. The molecule has 1 saturated carbocycles. The van der Waals surface area contributed by atoms with Gasteiger partial charge in [-0.05, 0) is 86.1 Å². The molecule has 3 heteroatoms. The Morgan fingerprint density at radius 2 is 1.56 bits per heavy atom. The number of hydrogen-bond donors (Lipinski definition) is 0. The van der Waals surface area contributed by atoms with E-state index in [1.54, 1.807) is 0 Å². The molecule has 0 saturated heterocycles. The van der Waals surface area contributed by atoms with E-state index in [0.717, 1.165) is 33.3 Å². The van der Waals surface area contributed by atoms with Crippen LogP contribution in [-0.2, 0) is 7.05 Å². The first-order valence-corrected chi connectivity index (χ1v) is 12.1. The highest BCUT2D eigenvalue weighted by molar-refractivity contribution is 5.87. The Bertz CT molecular complexity index is 1400. The van der Waals surface area contributed by atoms with Crippen LogP contribution in [0.4, 0.5) is 8.78 Å². The Kier molecular flexibility index (Phi) is 5.55. The molecule has 174 valence electrons. The van der Waals surface area contributed by atoms with Crippen molar-refractivity contribution in [3.8, 4) is 22.4 Å². The molecule has 1 unspecified atom stereocenters. The van der Waals surface area contributed by atoms with Gasteiger partial charge in [-0.3, -0.25) is 0 Å². The van der Waals surface area contributed by atoms with Crippen molar-refractivity contribution in [2.75, 3.05) is 0 Å². The van der Waals surface area contributed by atoms with E-state index in [4.69, 9.17) is 0 Å². The van der Waals surface area contributed by atoms with E-state index in [2.05, 4.69) is 100.0 Å². The lowest BCUT2D eigenvalue weighted by molar-refractivity contribution is -0.633. The van der Waals surface area contributed by atoms with E-state index in [9.17, 15) is 8.78 Å². The third-order valence-corrected chi connectivity index (χ3v) is 7.64. The second-order valence-corrected chi connectivity index (χ2v) is 10.2. The third kappa shape index (κ3) is 4.02. The Labute approximate surface area is 201 Å². The second kappa shape index (κ2) is 8.30. The van der Waals surface area contributed by atoms with Crippen molar-refractivity contribution >= 4 is 10.9 Å². The average molecular weight is 457 g/mol. The molecule has 1 aliphatic carbocycles. The molecule has 0 radical (unpaired) electrons. The van der Waals surface area contributed by atoms with Gasteiger partial charge in [0.25, 0.3) is 0 Å². The molecule has 34 heavy (non-hydrogen) atoms. The molecule has 1 nitrogen and oxygen atoms in total. The van der Waals surface area contributed by atoms with Crippen LogP contribution in [0.25, 0.3) is 33.3 Å². The van der Waals surface area contributed by atoms with Gasteiger partial charge >= 0.3 is 0 Å². The SMILES string of the molecule is Cc1ccc(-c2cc(C3CCC(F)(F)C3)c3ccc(-c4cc(C)cc(C)c4C)[n+](C)c3c2)cc1. The molecule has 1 fully saturated rings. The van der Waals surface area contributed by atoms with Gasteiger partial charge < -0.3 is 0 Å². The summed E-state index contributed by atoms with van der Waals surface area (Å²) in [7, 11) is 2.10. The quantitative estimate of drug-likeness (QED) is 0.274. The van der Waals surface area contributed by atoms with Gasteiger partial charge in [-0.15, -0.1) is 0 Å². The van der Waals surface area contributed by atoms with Crippen LogP contribution >= 0.6 is 0 Å². The standard InChI is InChI=1S/C31H32F2N/c1-19-6-8-23(9-7-19)25-16-28(24-12-13-31(32,33)18-24)26-10-11-29(34(5)30(26)17-25)27-15-20(2)14-21(3)22(27)4/h6-11,14-17,24H,12-13,18H2,1-5H3/q+1. The first-order chi connectivity index (χ1) is 16.1. The van der Waals surface area contributed by atoms with Gasteiger partial charge in [0.1, 0.15) is 7.05 Å². The van der Waals surface area contributed by atoms with Gasteiger partial charge in [0.05, 0.1) is 0 Å². The van der Waals surface area contributed by atoms with Crippen LogP contribution in [-0.4, -0.2) is 5.92 Å². The molecule has 0 N–H and O–H groups in total. The maximum atomic E-state index is 14.2. The maximum absolute atomic E-state index is 14.2. The van der Waals surface area contributed by atoms with E-state index < -0.39 is 5.92 Å². The Morgan fingerprint density at radius 1 is 0.824 bits per heavy atom. The smallest absolute Gasteiger partial charge is 0.207 e. The van der Waals surface area contributed by atoms with Gasteiger partial charge in [-0.25, -0.2) is 8.78 Å². The zero-order valence-corrected chi connectivity index (χ0v) is 20.7. The highest BCUT2D eigenvalue weighted by atomic mass is 19.3. The summed E-state index contributed by atoms with van der Waals surface area (Å²) in [4.78, 5) is 0. The molecule has 4 aromatic rings. The van der Waals surface area contributed by atoms with Crippen molar-refractivity contribution in [2.24, 2.45) is 7.05 Å². The lowest BCUT2D eigenvalue weighted by Gasteiger charge is -2.17.